The molecule has 0 atom stereocenters. The van der Waals surface area contributed by atoms with Gasteiger partial charge in [-0.2, -0.15) is 5.10 Å². The Balaban J connectivity index is 1.70. The van der Waals surface area contributed by atoms with Gasteiger partial charge in [0.25, 0.3) is 0 Å². The monoisotopic (exact) mass is 374 g/mol. The van der Waals surface area contributed by atoms with E-state index in [0.29, 0.717) is 32.8 Å². The number of hydrazone groups is 1. The number of hydrogen-bond donors (Lipinski definition) is 2. The Morgan fingerprint density at radius 3 is 2.56 bits per heavy atom. The molecule has 0 aliphatic rings. The number of aromatic carboxylic acids is 1. The molecule has 2 aromatic carbocycles. The number of rotatable bonds is 5. The predicted octanol–water partition coefficient (Wildman–Crippen LogP) is 5.40. The highest BCUT2D eigenvalue weighted by Gasteiger charge is 2.10. The summed E-state index contributed by atoms with van der Waals surface area (Å²) in [5.74, 6) is 0.137. The molecule has 0 aliphatic carbocycles. The van der Waals surface area contributed by atoms with Gasteiger partial charge in [-0.25, -0.2) is 4.79 Å². The van der Waals surface area contributed by atoms with E-state index in [1.807, 2.05) is 6.07 Å². The number of furan rings is 1. The summed E-state index contributed by atoms with van der Waals surface area (Å²) in [6.45, 7) is 0. The van der Waals surface area contributed by atoms with E-state index in [1.165, 1.54) is 18.3 Å². The number of carboxylic acid groups (broad SMARTS) is 1. The van der Waals surface area contributed by atoms with Crippen LogP contribution >= 0.6 is 23.2 Å². The molecular weight excluding hydrogens is 363 g/mol. The molecule has 0 unspecified atom stereocenters. The van der Waals surface area contributed by atoms with Gasteiger partial charge in [0.15, 0.2) is 0 Å². The zero-order chi connectivity index (χ0) is 17.8. The maximum absolute atomic E-state index is 10.8. The van der Waals surface area contributed by atoms with Gasteiger partial charge in [-0.3, -0.25) is 5.43 Å². The highest BCUT2D eigenvalue weighted by Crippen LogP contribution is 2.34. The molecule has 3 aromatic rings. The third-order valence-corrected chi connectivity index (χ3v) is 4.18. The second-order valence-electron chi connectivity index (χ2n) is 5.06. The molecule has 0 fully saturated rings. The Morgan fingerprint density at radius 2 is 1.84 bits per heavy atom. The molecule has 0 saturated heterocycles. The van der Waals surface area contributed by atoms with Crippen molar-refractivity contribution in [2.75, 3.05) is 5.43 Å². The largest absolute Gasteiger partial charge is 0.478 e. The van der Waals surface area contributed by atoms with Crippen LogP contribution in [0, 0.1) is 0 Å². The second kappa shape index (κ2) is 7.42. The summed E-state index contributed by atoms with van der Waals surface area (Å²) in [6, 6.07) is 15.1. The van der Waals surface area contributed by atoms with Crippen molar-refractivity contribution in [2.45, 2.75) is 0 Å². The van der Waals surface area contributed by atoms with Crippen LogP contribution in [-0.2, 0) is 0 Å². The van der Waals surface area contributed by atoms with Crippen LogP contribution in [0.3, 0.4) is 0 Å². The average molecular weight is 375 g/mol. The minimum atomic E-state index is -0.974. The highest BCUT2D eigenvalue weighted by molar-refractivity contribution is 6.43. The fraction of sp³-hybridized carbons (Fsp3) is 0. The van der Waals surface area contributed by atoms with E-state index in [2.05, 4.69) is 10.5 Å². The lowest BCUT2D eigenvalue weighted by Crippen LogP contribution is -1.96. The van der Waals surface area contributed by atoms with E-state index >= 15 is 0 Å². The summed E-state index contributed by atoms with van der Waals surface area (Å²) < 4.78 is 5.68. The van der Waals surface area contributed by atoms with Gasteiger partial charge in [0, 0.05) is 5.56 Å². The molecule has 3 rings (SSSR count). The van der Waals surface area contributed by atoms with Crippen molar-refractivity contribution in [2.24, 2.45) is 5.10 Å². The third-order valence-electron chi connectivity index (χ3n) is 3.36. The van der Waals surface area contributed by atoms with Crippen LogP contribution in [0.2, 0.25) is 10.0 Å². The lowest BCUT2D eigenvalue weighted by Gasteiger charge is -2.02. The molecule has 7 heteroatoms. The summed E-state index contributed by atoms with van der Waals surface area (Å²) in [7, 11) is 0. The van der Waals surface area contributed by atoms with E-state index in [9.17, 15) is 4.79 Å². The van der Waals surface area contributed by atoms with Crippen molar-refractivity contribution in [3.05, 3.63) is 76.0 Å². The van der Waals surface area contributed by atoms with Gasteiger partial charge in [0.1, 0.15) is 11.5 Å². The summed E-state index contributed by atoms with van der Waals surface area (Å²) in [4.78, 5) is 10.8. The number of carboxylic acids is 1. The molecule has 0 amide bonds. The van der Waals surface area contributed by atoms with Crippen LogP contribution in [0.4, 0.5) is 5.69 Å². The Labute approximate surface area is 153 Å². The number of nitrogens with zero attached hydrogens (tertiary/aromatic N) is 1. The first-order valence-electron chi connectivity index (χ1n) is 7.21. The lowest BCUT2D eigenvalue weighted by atomic mass is 10.2. The molecule has 0 spiro atoms. The summed E-state index contributed by atoms with van der Waals surface area (Å²) >= 11 is 12.2. The first-order valence-corrected chi connectivity index (χ1v) is 7.97. The second-order valence-corrected chi connectivity index (χ2v) is 5.84. The Kier molecular flexibility index (Phi) is 5.07. The number of benzene rings is 2. The van der Waals surface area contributed by atoms with Gasteiger partial charge >= 0.3 is 5.97 Å². The van der Waals surface area contributed by atoms with Crippen LogP contribution in [0.1, 0.15) is 16.1 Å². The van der Waals surface area contributed by atoms with Gasteiger partial charge in [-0.15, -0.1) is 0 Å². The zero-order valence-electron chi connectivity index (χ0n) is 12.7. The minimum absolute atomic E-state index is 0.212. The number of halogens is 2. The van der Waals surface area contributed by atoms with E-state index in [4.69, 9.17) is 32.7 Å². The molecule has 126 valence electrons. The van der Waals surface area contributed by atoms with Gasteiger partial charge in [0.2, 0.25) is 0 Å². The van der Waals surface area contributed by atoms with Crippen molar-refractivity contribution >= 4 is 41.1 Å². The number of anilines is 1. The zero-order valence-corrected chi connectivity index (χ0v) is 14.3. The summed E-state index contributed by atoms with van der Waals surface area (Å²) in [6.07, 6.45) is 1.51. The first kappa shape index (κ1) is 17.1. The van der Waals surface area contributed by atoms with Gasteiger partial charge < -0.3 is 9.52 Å². The van der Waals surface area contributed by atoms with Crippen molar-refractivity contribution in [1.82, 2.24) is 0 Å². The lowest BCUT2D eigenvalue weighted by molar-refractivity contribution is 0.0697. The maximum atomic E-state index is 10.8. The number of nitrogens with one attached hydrogen (secondary N) is 1. The first-order chi connectivity index (χ1) is 12.0. The quantitative estimate of drug-likeness (QED) is 0.463. The summed E-state index contributed by atoms with van der Waals surface area (Å²) in [5.41, 5.74) is 4.37. The van der Waals surface area contributed by atoms with E-state index in [-0.39, 0.29) is 5.56 Å². The Morgan fingerprint density at radius 1 is 1.08 bits per heavy atom. The molecule has 0 saturated carbocycles. The van der Waals surface area contributed by atoms with Gasteiger partial charge in [0.05, 0.1) is 27.5 Å². The van der Waals surface area contributed by atoms with E-state index in [0.717, 1.165) is 0 Å². The Bertz CT molecular complexity index is 934. The SMILES string of the molecule is O=C(O)c1ccc(NN=Cc2ccc(-c3cccc(Cl)c3Cl)o2)cc1. The standard InChI is InChI=1S/C18H12Cl2N2O3/c19-15-3-1-2-14(17(15)20)16-9-8-13(25-16)10-21-22-12-6-4-11(5-7-12)18(23)24/h1-10,22H,(H,23,24). The molecule has 1 aromatic heterocycles. The molecular formula is C18H12Cl2N2O3. The van der Waals surface area contributed by atoms with Gasteiger partial charge in [-0.05, 0) is 48.5 Å². The average Bonchev–Trinajstić information content (AvgIpc) is 3.06. The van der Waals surface area contributed by atoms with Crippen LogP contribution in [0.15, 0.2) is 64.1 Å². The molecule has 25 heavy (non-hydrogen) atoms. The normalized spacial score (nSPS) is 11.0. The van der Waals surface area contributed by atoms with Crippen molar-refractivity contribution in [3.63, 3.8) is 0 Å². The molecule has 5 nitrogen and oxygen atoms in total. The number of hydrogen-bond acceptors (Lipinski definition) is 4. The van der Waals surface area contributed by atoms with Crippen molar-refractivity contribution in [1.29, 1.82) is 0 Å². The molecule has 0 radical (unpaired) electrons. The van der Waals surface area contributed by atoms with Gasteiger partial charge in [-0.1, -0.05) is 29.3 Å². The minimum Gasteiger partial charge on any atom is -0.478 e. The molecule has 2 N–H and O–H groups in total. The molecule has 0 aliphatic heterocycles. The van der Waals surface area contributed by atoms with Crippen LogP contribution < -0.4 is 5.43 Å². The van der Waals surface area contributed by atoms with Crippen LogP contribution in [-0.4, -0.2) is 17.3 Å². The summed E-state index contributed by atoms with van der Waals surface area (Å²) in [5, 5.41) is 13.8. The Hall–Kier alpha value is -2.76. The highest BCUT2D eigenvalue weighted by atomic mass is 35.5. The fourth-order valence-corrected chi connectivity index (χ4v) is 2.51. The van der Waals surface area contributed by atoms with Crippen molar-refractivity contribution in [3.8, 4) is 11.3 Å². The topological polar surface area (TPSA) is 74.8 Å². The van der Waals surface area contributed by atoms with Crippen LogP contribution in [0.5, 0.6) is 0 Å². The fourth-order valence-electron chi connectivity index (χ4n) is 2.12. The smallest absolute Gasteiger partial charge is 0.335 e. The number of carbonyl (C=O) groups is 1. The van der Waals surface area contributed by atoms with E-state index in [1.54, 1.807) is 36.4 Å². The maximum Gasteiger partial charge on any atom is 0.335 e. The molecule has 1 heterocycles. The molecule has 0 bridgehead atoms. The predicted molar refractivity (Wildman–Crippen MR) is 98.8 cm³/mol. The van der Waals surface area contributed by atoms with E-state index < -0.39 is 5.97 Å². The third kappa shape index (κ3) is 4.02. The van der Waals surface area contributed by atoms with Crippen LogP contribution in [0.25, 0.3) is 11.3 Å². The van der Waals surface area contributed by atoms with Crippen molar-refractivity contribution < 1.29 is 14.3 Å².